The Morgan fingerprint density at radius 3 is 2.67 bits per heavy atom. The van der Waals surface area contributed by atoms with E-state index in [0.29, 0.717) is 24.2 Å². The minimum absolute atomic E-state index is 0.302. The second-order valence-electron chi connectivity index (χ2n) is 7.16. The number of rotatable bonds is 3. The molecule has 30 heavy (non-hydrogen) atoms. The summed E-state index contributed by atoms with van der Waals surface area (Å²) < 4.78 is 39.5. The maximum Gasteiger partial charge on any atom is 0.229 e. The smallest absolute Gasteiger partial charge is 0.229 e. The zero-order chi connectivity index (χ0) is 21.3. The molecule has 0 bridgehead atoms. The van der Waals surface area contributed by atoms with E-state index in [2.05, 4.69) is 15.8 Å². The number of sulfonamides is 1. The molecule has 1 heterocycles. The van der Waals surface area contributed by atoms with Gasteiger partial charge in [0.15, 0.2) is 0 Å². The largest absolute Gasteiger partial charge is 0.284 e. The van der Waals surface area contributed by atoms with Gasteiger partial charge < -0.3 is 0 Å². The Bertz CT molecular complexity index is 1320. The van der Waals surface area contributed by atoms with Crippen LogP contribution in [0.15, 0.2) is 54.6 Å². The number of nitrogens with one attached hydrogen (secondary N) is 1. The number of hydrogen-bond acceptors (Lipinski definition) is 4. The number of nitrogens with zero attached hydrogens (tertiary/aromatic N) is 2. The first kappa shape index (κ1) is 19.8. The van der Waals surface area contributed by atoms with E-state index in [1.54, 1.807) is 30.3 Å². The Hall–Kier alpha value is -3.50. The number of pyridine rings is 1. The van der Waals surface area contributed by atoms with E-state index in [-0.39, 0.29) is 5.82 Å². The Kier molecular flexibility index (Phi) is 5.10. The van der Waals surface area contributed by atoms with Crippen LogP contribution in [-0.4, -0.2) is 19.7 Å². The summed E-state index contributed by atoms with van der Waals surface area (Å²) in [5, 5.41) is 9.21. The van der Waals surface area contributed by atoms with E-state index in [1.165, 1.54) is 12.1 Å². The molecule has 5 nitrogen and oxygen atoms in total. The monoisotopic (exact) mass is 419 g/mol. The van der Waals surface area contributed by atoms with Gasteiger partial charge in [-0.15, -0.1) is 0 Å². The van der Waals surface area contributed by atoms with Crippen molar-refractivity contribution in [1.82, 2.24) is 4.98 Å². The van der Waals surface area contributed by atoms with Crippen molar-refractivity contribution in [2.75, 3.05) is 11.0 Å². The standard InChI is InChI=1S/C23H18FN3O2S/c1-30(28,29)27-18-4-2-3-15(11-18)12-22-20-8-6-17(24)13-16(20)5-10-23-21(22)9-7-19(14-25)26-23/h2-4,6-9,11-13,27H,5,10H2,1H3/b22-12+. The van der Waals surface area contributed by atoms with Gasteiger partial charge in [-0.2, -0.15) is 5.26 Å². The van der Waals surface area contributed by atoms with Gasteiger partial charge in [0.25, 0.3) is 0 Å². The van der Waals surface area contributed by atoms with Crippen molar-refractivity contribution in [2.24, 2.45) is 0 Å². The number of fused-ring (bicyclic) bond motifs is 2. The highest BCUT2D eigenvalue weighted by molar-refractivity contribution is 7.92. The molecule has 1 aromatic heterocycles. The van der Waals surface area contributed by atoms with Gasteiger partial charge in [-0.1, -0.05) is 18.2 Å². The van der Waals surface area contributed by atoms with Gasteiger partial charge in [0, 0.05) is 11.3 Å². The zero-order valence-electron chi connectivity index (χ0n) is 16.2. The predicted octanol–water partition coefficient (Wildman–Crippen LogP) is 4.15. The first-order valence-electron chi connectivity index (χ1n) is 9.31. The molecule has 0 fully saturated rings. The van der Waals surface area contributed by atoms with Crippen LogP contribution in [0.4, 0.5) is 10.1 Å². The second-order valence-corrected chi connectivity index (χ2v) is 8.91. The van der Waals surface area contributed by atoms with Crippen LogP contribution in [0, 0.1) is 17.1 Å². The average molecular weight is 419 g/mol. The molecule has 4 rings (SSSR count). The highest BCUT2D eigenvalue weighted by Crippen LogP contribution is 2.35. The average Bonchev–Trinajstić information content (AvgIpc) is 2.83. The molecule has 0 unspecified atom stereocenters. The third-order valence-corrected chi connectivity index (χ3v) is 5.47. The van der Waals surface area contributed by atoms with Crippen LogP contribution in [0.1, 0.15) is 33.6 Å². The topological polar surface area (TPSA) is 82.8 Å². The molecule has 1 aliphatic carbocycles. The molecule has 0 saturated heterocycles. The van der Waals surface area contributed by atoms with Gasteiger partial charge in [-0.25, -0.2) is 17.8 Å². The summed E-state index contributed by atoms with van der Waals surface area (Å²) in [4.78, 5) is 4.47. The fraction of sp³-hybridized carbons (Fsp3) is 0.130. The third kappa shape index (κ3) is 4.24. The lowest BCUT2D eigenvalue weighted by Gasteiger charge is -2.13. The molecular formula is C23H18FN3O2S. The van der Waals surface area contributed by atoms with E-state index in [4.69, 9.17) is 0 Å². The summed E-state index contributed by atoms with van der Waals surface area (Å²) >= 11 is 0. The molecule has 7 heteroatoms. The van der Waals surface area contributed by atoms with Gasteiger partial charge >= 0.3 is 0 Å². The van der Waals surface area contributed by atoms with E-state index in [1.807, 2.05) is 18.2 Å². The van der Waals surface area contributed by atoms with Crippen molar-refractivity contribution in [2.45, 2.75) is 12.8 Å². The zero-order valence-corrected chi connectivity index (χ0v) is 17.0. The normalized spacial score (nSPS) is 14.4. The molecule has 0 saturated carbocycles. The van der Waals surface area contributed by atoms with Crippen LogP contribution in [0.5, 0.6) is 0 Å². The van der Waals surface area contributed by atoms with Gasteiger partial charge in [0.2, 0.25) is 10.0 Å². The molecule has 0 radical (unpaired) electrons. The summed E-state index contributed by atoms with van der Waals surface area (Å²) in [5.41, 5.74) is 5.84. The number of nitriles is 1. The summed E-state index contributed by atoms with van der Waals surface area (Å²) in [6, 6.07) is 17.3. The molecular weight excluding hydrogens is 401 g/mol. The van der Waals surface area contributed by atoms with Crippen LogP contribution < -0.4 is 4.72 Å². The number of aromatic nitrogens is 1. The maximum absolute atomic E-state index is 13.9. The molecule has 150 valence electrons. The minimum atomic E-state index is -3.40. The number of anilines is 1. The van der Waals surface area contributed by atoms with E-state index < -0.39 is 10.0 Å². The Morgan fingerprint density at radius 2 is 1.90 bits per heavy atom. The minimum Gasteiger partial charge on any atom is -0.284 e. The number of aryl methyl sites for hydroxylation is 2. The lowest BCUT2D eigenvalue weighted by molar-refractivity contribution is 0.607. The summed E-state index contributed by atoms with van der Waals surface area (Å²) in [6.07, 6.45) is 4.23. The highest BCUT2D eigenvalue weighted by Gasteiger charge is 2.20. The number of halogens is 1. The van der Waals surface area contributed by atoms with E-state index in [0.717, 1.165) is 39.8 Å². The Morgan fingerprint density at radius 1 is 1.10 bits per heavy atom. The molecule has 0 amide bonds. The summed E-state index contributed by atoms with van der Waals surface area (Å²) in [7, 11) is -3.40. The first-order valence-corrected chi connectivity index (χ1v) is 11.2. The lowest BCUT2D eigenvalue weighted by atomic mass is 9.93. The van der Waals surface area contributed by atoms with Crippen molar-refractivity contribution in [3.05, 3.63) is 94.1 Å². The molecule has 0 atom stereocenters. The van der Waals surface area contributed by atoms with Crippen LogP contribution in [0.2, 0.25) is 0 Å². The van der Waals surface area contributed by atoms with Crippen LogP contribution in [0.25, 0.3) is 11.6 Å². The number of benzene rings is 2. The number of hydrogen-bond donors (Lipinski definition) is 1. The summed E-state index contributed by atoms with van der Waals surface area (Å²) in [6.45, 7) is 0. The van der Waals surface area contributed by atoms with Crippen molar-refractivity contribution in [3.8, 4) is 6.07 Å². The second kappa shape index (κ2) is 7.73. The van der Waals surface area contributed by atoms with Crippen LogP contribution in [0.3, 0.4) is 0 Å². The Balaban J connectivity index is 1.90. The third-order valence-electron chi connectivity index (χ3n) is 4.87. The van der Waals surface area contributed by atoms with Crippen LogP contribution >= 0.6 is 0 Å². The maximum atomic E-state index is 13.9. The lowest BCUT2D eigenvalue weighted by Crippen LogP contribution is -2.09. The Labute approximate surface area is 174 Å². The molecule has 3 aromatic rings. The fourth-order valence-electron chi connectivity index (χ4n) is 3.66. The summed E-state index contributed by atoms with van der Waals surface area (Å²) in [5.74, 6) is -0.302. The molecule has 0 aliphatic heterocycles. The SMILES string of the molecule is CS(=O)(=O)Nc1cccc(/C=C2\c3ccc(F)cc3CCc3nc(C#N)ccc32)c1. The molecule has 1 N–H and O–H groups in total. The van der Waals surface area contributed by atoms with Crippen molar-refractivity contribution >= 4 is 27.4 Å². The quantitative estimate of drug-likeness (QED) is 0.691. The fourth-order valence-corrected chi connectivity index (χ4v) is 4.21. The van der Waals surface area contributed by atoms with Crippen LogP contribution in [-0.2, 0) is 22.9 Å². The van der Waals surface area contributed by atoms with Crippen molar-refractivity contribution < 1.29 is 12.8 Å². The van der Waals surface area contributed by atoms with Gasteiger partial charge in [-0.3, -0.25) is 4.72 Å². The van der Waals surface area contributed by atoms with Gasteiger partial charge in [-0.05, 0) is 77.6 Å². The van der Waals surface area contributed by atoms with E-state index in [9.17, 15) is 18.1 Å². The highest BCUT2D eigenvalue weighted by atomic mass is 32.2. The molecule has 1 aliphatic rings. The first-order chi connectivity index (χ1) is 14.3. The van der Waals surface area contributed by atoms with Gasteiger partial charge in [0.05, 0.1) is 11.9 Å². The van der Waals surface area contributed by atoms with Crippen molar-refractivity contribution in [1.29, 1.82) is 5.26 Å². The predicted molar refractivity (Wildman–Crippen MR) is 115 cm³/mol. The van der Waals surface area contributed by atoms with Crippen molar-refractivity contribution in [3.63, 3.8) is 0 Å². The van der Waals surface area contributed by atoms with E-state index >= 15 is 0 Å². The molecule has 0 spiro atoms. The molecule has 2 aromatic carbocycles. The van der Waals surface area contributed by atoms with Gasteiger partial charge in [0.1, 0.15) is 17.6 Å².